The zero-order chi connectivity index (χ0) is 22.5. The second-order valence-corrected chi connectivity index (χ2v) is 8.05. The monoisotopic (exact) mass is 443 g/mol. The number of carbonyl (C=O) groups excluding carboxylic acids is 2. The summed E-state index contributed by atoms with van der Waals surface area (Å²) in [7, 11) is 0. The van der Waals surface area contributed by atoms with Crippen LogP contribution in [0.5, 0.6) is 0 Å². The van der Waals surface area contributed by atoms with Gasteiger partial charge in [-0.1, -0.05) is 42.1 Å². The second kappa shape index (κ2) is 9.57. The van der Waals surface area contributed by atoms with Gasteiger partial charge in [0.25, 0.3) is 0 Å². The van der Waals surface area contributed by atoms with Gasteiger partial charge in [0.05, 0.1) is 17.1 Å². The molecule has 1 N–H and O–H groups in total. The first kappa shape index (κ1) is 21.5. The smallest absolute Gasteiger partial charge is 0.234 e. The van der Waals surface area contributed by atoms with E-state index in [9.17, 15) is 9.59 Å². The molecule has 0 atom stereocenters. The number of hydrogen-bond acceptors (Lipinski definition) is 6. The molecule has 4 rings (SSSR count). The lowest BCUT2D eigenvalue weighted by Crippen LogP contribution is -2.16. The lowest BCUT2D eigenvalue weighted by Gasteiger charge is -2.13. The number of amides is 1. The Morgan fingerprint density at radius 3 is 2.53 bits per heavy atom. The van der Waals surface area contributed by atoms with Gasteiger partial charge >= 0.3 is 0 Å². The molecule has 8 heteroatoms. The summed E-state index contributed by atoms with van der Waals surface area (Å²) in [6.45, 7) is 3.49. The first-order chi connectivity index (χ1) is 15.5. The van der Waals surface area contributed by atoms with E-state index in [-0.39, 0.29) is 17.4 Å². The molecule has 0 fully saturated rings. The summed E-state index contributed by atoms with van der Waals surface area (Å²) in [5, 5.41) is 12.1. The zero-order valence-corrected chi connectivity index (χ0v) is 18.5. The molecule has 2 aromatic heterocycles. The highest BCUT2D eigenvalue weighted by molar-refractivity contribution is 7.99. The van der Waals surface area contributed by atoms with Gasteiger partial charge in [0.15, 0.2) is 16.8 Å². The molecule has 0 bridgehead atoms. The lowest BCUT2D eigenvalue weighted by molar-refractivity contribution is -0.113. The van der Waals surface area contributed by atoms with E-state index in [4.69, 9.17) is 0 Å². The first-order valence-electron chi connectivity index (χ1n) is 9.99. The van der Waals surface area contributed by atoms with Gasteiger partial charge in [-0.05, 0) is 49.7 Å². The zero-order valence-electron chi connectivity index (χ0n) is 17.6. The van der Waals surface area contributed by atoms with Gasteiger partial charge in [-0.3, -0.25) is 19.1 Å². The number of rotatable bonds is 7. The van der Waals surface area contributed by atoms with Gasteiger partial charge in [-0.15, -0.1) is 10.2 Å². The van der Waals surface area contributed by atoms with Crippen molar-refractivity contribution in [1.82, 2.24) is 19.7 Å². The van der Waals surface area contributed by atoms with E-state index in [1.54, 1.807) is 36.7 Å². The number of Topliss-reactive ketones (excluding diaryl/α,β-unsaturated/α-hetero) is 1. The fourth-order valence-corrected chi connectivity index (χ4v) is 4.04. The number of nitrogens with one attached hydrogen (secondary N) is 1. The predicted octanol–water partition coefficient (Wildman–Crippen LogP) is 4.57. The number of hydrogen-bond donors (Lipinski definition) is 1. The average molecular weight is 444 g/mol. The molecule has 1 amide bonds. The summed E-state index contributed by atoms with van der Waals surface area (Å²) in [5.41, 5.74) is 3.80. The summed E-state index contributed by atoms with van der Waals surface area (Å²) < 4.78 is 1.94. The Hall–Kier alpha value is -3.78. The highest BCUT2D eigenvalue weighted by atomic mass is 32.2. The summed E-state index contributed by atoms with van der Waals surface area (Å²) in [4.78, 5) is 28.6. The SMILES string of the molecule is CC(=O)c1ccccc1NC(=O)CSc1nnc(-c2cccnc2)n1-c1ccccc1C. The standard InChI is InChI=1S/C24H21N5O2S/c1-16-8-3-6-12-21(16)29-23(18-9-7-13-25-14-18)27-28-24(29)32-15-22(31)26-20-11-5-4-10-19(20)17(2)30/h3-14H,15H2,1-2H3,(H,26,31). The van der Waals surface area contributed by atoms with E-state index < -0.39 is 0 Å². The molecule has 0 radical (unpaired) electrons. The largest absolute Gasteiger partial charge is 0.325 e. The normalized spacial score (nSPS) is 10.7. The van der Waals surface area contributed by atoms with Crippen LogP contribution in [0.2, 0.25) is 0 Å². The third-order valence-electron chi connectivity index (χ3n) is 4.82. The summed E-state index contributed by atoms with van der Waals surface area (Å²) in [5.74, 6) is 0.431. The number of aromatic nitrogens is 4. The van der Waals surface area contributed by atoms with Crippen LogP contribution >= 0.6 is 11.8 Å². The molecule has 0 aliphatic rings. The summed E-state index contributed by atoms with van der Waals surface area (Å²) in [6, 6.07) is 18.7. The Kier molecular flexibility index (Phi) is 6.42. The van der Waals surface area contributed by atoms with Crippen molar-refractivity contribution in [2.24, 2.45) is 0 Å². The molecule has 0 aliphatic carbocycles. The highest BCUT2D eigenvalue weighted by Gasteiger charge is 2.19. The second-order valence-electron chi connectivity index (χ2n) is 7.11. The minimum absolute atomic E-state index is 0.103. The van der Waals surface area contributed by atoms with Crippen LogP contribution in [-0.2, 0) is 4.79 Å². The van der Waals surface area contributed by atoms with E-state index in [0.717, 1.165) is 16.8 Å². The Bertz CT molecular complexity index is 1270. The fourth-order valence-electron chi connectivity index (χ4n) is 3.29. The number of benzene rings is 2. The van der Waals surface area contributed by atoms with Crippen LogP contribution in [0.25, 0.3) is 17.1 Å². The van der Waals surface area contributed by atoms with E-state index in [1.165, 1.54) is 18.7 Å². The number of ketones is 1. The van der Waals surface area contributed by atoms with Gasteiger partial charge in [-0.25, -0.2) is 0 Å². The molecule has 7 nitrogen and oxygen atoms in total. The van der Waals surface area contributed by atoms with Crippen LogP contribution in [0.1, 0.15) is 22.8 Å². The molecular formula is C24H21N5O2S. The van der Waals surface area contributed by atoms with Gasteiger partial charge in [-0.2, -0.15) is 0 Å². The van der Waals surface area contributed by atoms with Crippen LogP contribution in [0.3, 0.4) is 0 Å². The molecule has 0 saturated carbocycles. The third kappa shape index (κ3) is 4.60. The molecule has 32 heavy (non-hydrogen) atoms. The number of pyridine rings is 1. The number of nitrogens with zero attached hydrogens (tertiary/aromatic N) is 4. The van der Waals surface area contributed by atoms with Crippen molar-refractivity contribution in [2.75, 3.05) is 11.1 Å². The average Bonchev–Trinajstić information content (AvgIpc) is 3.22. The van der Waals surface area contributed by atoms with E-state index >= 15 is 0 Å². The van der Waals surface area contributed by atoms with Crippen LogP contribution < -0.4 is 5.32 Å². The molecule has 160 valence electrons. The maximum absolute atomic E-state index is 12.6. The minimum Gasteiger partial charge on any atom is -0.325 e. The van der Waals surface area contributed by atoms with Crippen molar-refractivity contribution in [2.45, 2.75) is 19.0 Å². The van der Waals surface area contributed by atoms with E-state index in [1.807, 2.05) is 47.9 Å². The van der Waals surface area contributed by atoms with Crippen LogP contribution in [0.15, 0.2) is 78.2 Å². The number of aryl methyl sites for hydroxylation is 1. The Morgan fingerprint density at radius 1 is 1.00 bits per heavy atom. The van der Waals surface area contributed by atoms with Crippen molar-refractivity contribution in [3.8, 4) is 17.1 Å². The molecule has 0 unspecified atom stereocenters. The number of thioether (sulfide) groups is 1. The Labute approximate surface area is 189 Å². The van der Waals surface area contributed by atoms with Crippen molar-refractivity contribution in [3.05, 3.63) is 84.2 Å². The Balaban J connectivity index is 1.61. The molecule has 0 spiro atoms. The van der Waals surface area contributed by atoms with Gasteiger partial charge in [0, 0.05) is 23.5 Å². The van der Waals surface area contributed by atoms with Gasteiger partial charge in [0.1, 0.15) is 0 Å². The van der Waals surface area contributed by atoms with E-state index in [0.29, 0.717) is 22.2 Å². The Morgan fingerprint density at radius 2 is 1.78 bits per heavy atom. The van der Waals surface area contributed by atoms with E-state index in [2.05, 4.69) is 20.5 Å². The minimum atomic E-state index is -0.231. The number of para-hydroxylation sites is 2. The maximum Gasteiger partial charge on any atom is 0.234 e. The molecule has 0 aliphatic heterocycles. The van der Waals surface area contributed by atoms with Crippen molar-refractivity contribution >= 4 is 29.1 Å². The van der Waals surface area contributed by atoms with Crippen molar-refractivity contribution < 1.29 is 9.59 Å². The molecule has 0 saturated heterocycles. The topological polar surface area (TPSA) is 89.8 Å². The molecule has 4 aromatic rings. The molecule has 2 aromatic carbocycles. The maximum atomic E-state index is 12.6. The number of carbonyl (C=O) groups is 2. The van der Waals surface area contributed by atoms with Crippen LogP contribution in [0, 0.1) is 6.92 Å². The summed E-state index contributed by atoms with van der Waals surface area (Å²) in [6.07, 6.45) is 3.44. The molecular weight excluding hydrogens is 422 g/mol. The number of anilines is 1. The van der Waals surface area contributed by atoms with Crippen LogP contribution in [0.4, 0.5) is 5.69 Å². The van der Waals surface area contributed by atoms with Crippen molar-refractivity contribution in [1.29, 1.82) is 0 Å². The fraction of sp³-hybridized carbons (Fsp3) is 0.125. The van der Waals surface area contributed by atoms with Gasteiger partial charge < -0.3 is 5.32 Å². The van der Waals surface area contributed by atoms with Gasteiger partial charge in [0.2, 0.25) is 5.91 Å². The van der Waals surface area contributed by atoms with Crippen molar-refractivity contribution in [3.63, 3.8) is 0 Å². The molecule has 2 heterocycles. The first-order valence-corrected chi connectivity index (χ1v) is 11.0. The summed E-state index contributed by atoms with van der Waals surface area (Å²) >= 11 is 1.28. The quantitative estimate of drug-likeness (QED) is 0.332. The third-order valence-corrected chi connectivity index (χ3v) is 5.75. The lowest BCUT2D eigenvalue weighted by atomic mass is 10.1. The predicted molar refractivity (Wildman–Crippen MR) is 125 cm³/mol. The highest BCUT2D eigenvalue weighted by Crippen LogP contribution is 2.29. The van der Waals surface area contributed by atoms with Crippen LogP contribution in [-0.4, -0.2) is 37.2 Å².